The van der Waals surface area contributed by atoms with Crippen LogP contribution in [-0.4, -0.2) is 8.80 Å². The van der Waals surface area contributed by atoms with Crippen molar-refractivity contribution < 1.29 is 0 Å². The molecule has 12 aromatic rings. The van der Waals surface area contributed by atoms with Gasteiger partial charge in [-0.25, -0.2) is 0 Å². The molecule has 3 nitrogen and oxygen atoms in total. The average Bonchev–Trinajstić information content (AvgIpc) is 3.99. The molecule has 0 spiro atoms. The first-order chi connectivity index (χ1) is 30.8. The predicted octanol–water partition coefficient (Wildman–Crippen LogP) is 17.8. The molecule has 0 amide bonds. The Labute approximate surface area is 382 Å². The molecule has 0 bridgehead atoms. The van der Waals surface area contributed by atoms with Crippen molar-refractivity contribution >= 4 is 104 Å². The smallest absolute Gasteiger partial charge is 0.0783 e. The second-order valence-corrected chi connectivity index (χ2v) is 23.2. The SMILES string of the molecule is CC(C)(C)c1ccc2c(c1)c1cc(C(C)(C)C)cc3c4ccc5c(ccc6c5c5cc(C(C)(C)C)cc7c8cc(C(C)(C)C)cc(N(c9ccccc9)c9ccccc9)c8n6c75)c4n2c13. The van der Waals surface area contributed by atoms with Crippen LogP contribution in [0.4, 0.5) is 17.1 Å². The number of para-hydroxylation sites is 2. The quantitative estimate of drug-likeness (QED) is 0.173. The van der Waals surface area contributed by atoms with E-state index in [4.69, 9.17) is 0 Å². The lowest BCUT2D eigenvalue weighted by atomic mass is 9.83. The van der Waals surface area contributed by atoms with Crippen LogP contribution < -0.4 is 4.90 Å². The van der Waals surface area contributed by atoms with Gasteiger partial charge in [0.05, 0.1) is 38.8 Å². The van der Waals surface area contributed by atoms with E-state index in [1.165, 1.54) is 115 Å². The van der Waals surface area contributed by atoms with Crippen LogP contribution in [0.1, 0.15) is 105 Å². The summed E-state index contributed by atoms with van der Waals surface area (Å²) in [5.41, 5.74) is 16.5. The molecule has 0 saturated heterocycles. The Morgan fingerprint density at radius 2 is 0.692 bits per heavy atom. The lowest BCUT2D eigenvalue weighted by Crippen LogP contribution is -2.15. The molecule has 322 valence electrons. The molecular weight excluding hydrogens is 787 g/mol. The van der Waals surface area contributed by atoms with Crippen molar-refractivity contribution in [1.82, 2.24) is 8.80 Å². The summed E-state index contributed by atoms with van der Waals surface area (Å²) in [6.07, 6.45) is 0. The molecule has 0 N–H and O–H groups in total. The minimum absolute atomic E-state index is 0.00393. The van der Waals surface area contributed by atoms with Crippen molar-refractivity contribution in [1.29, 1.82) is 0 Å². The first-order valence-corrected chi connectivity index (χ1v) is 23.6. The maximum Gasteiger partial charge on any atom is 0.0783 e. The Kier molecular flexibility index (Phi) is 8.01. The van der Waals surface area contributed by atoms with E-state index in [-0.39, 0.29) is 21.7 Å². The molecule has 0 saturated carbocycles. The molecule has 0 fully saturated rings. The second kappa shape index (κ2) is 13.0. The molecule has 65 heavy (non-hydrogen) atoms. The highest BCUT2D eigenvalue weighted by atomic mass is 15.2. The van der Waals surface area contributed by atoms with Crippen LogP contribution in [0.5, 0.6) is 0 Å². The van der Waals surface area contributed by atoms with Gasteiger partial charge in [0.15, 0.2) is 0 Å². The number of aromatic nitrogens is 2. The molecule has 4 heterocycles. The number of benzene rings is 8. The zero-order valence-electron chi connectivity index (χ0n) is 40.1. The number of nitrogens with zero attached hydrogens (tertiary/aromatic N) is 3. The van der Waals surface area contributed by atoms with E-state index >= 15 is 0 Å². The fourth-order valence-electron chi connectivity index (χ4n) is 11.1. The van der Waals surface area contributed by atoms with E-state index in [0.717, 1.165) is 11.4 Å². The second-order valence-electron chi connectivity index (χ2n) is 23.2. The van der Waals surface area contributed by atoms with Crippen LogP contribution in [0.25, 0.3) is 87.0 Å². The maximum absolute atomic E-state index is 2.62. The van der Waals surface area contributed by atoms with Crippen molar-refractivity contribution in [2.24, 2.45) is 0 Å². The van der Waals surface area contributed by atoms with Crippen LogP contribution in [-0.2, 0) is 21.7 Å². The van der Waals surface area contributed by atoms with Gasteiger partial charge in [-0.2, -0.15) is 0 Å². The monoisotopic (exact) mass is 845 g/mol. The summed E-state index contributed by atoms with van der Waals surface area (Å²) in [5, 5.41) is 13.2. The average molecular weight is 846 g/mol. The molecule has 8 aromatic carbocycles. The number of hydrogen-bond donors (Lipinski definition) is 0. The summed E-state index contributed by atoms with van der Waals surface area (Å²) in [6.45, 7) is 28.1. The number of fused-ring (bicyclic) bond motifs is 15. The third-order valence-electron chi connectivity index (χ3n) is 14.7. The summed E-state index contributed by atoms with van der Waals surface area (Å²) in [7, 11) is 0. The van der Waals surface area contributed by atoms with Gasteiger partial charge in [0, 0.05) is 59.9 Å². The summed E-state index contributed by atoms with van der Waals surface area (Å²) in [4.78, 5) is 2.48. The lowest BCUT2D eigenvalue weighted by Gasteiger charge is -2.29. The van der Waals surface area contributed by atoms with Crippen molar-refractivity contribution in [2.75, 3.05) is 4.90 Å². The number of rotatable bonds is 3. The highest BCUT2D eigenvalue weighted by Gasteiger charge is 2.30. The standard InChI is InChI=1S/C62H59N3/c1-59(2,3)36-23-27-51-45(29-36)47-31-37(60(4,5)6)30-46-44-25-24-42-43(55(44)64(51)56(46)47)26-28-52-54(42)50-34-38(61(7,8)9)32-48-49-33-39(62(10,11)12)35-53(58(49)65(52)57(48)50)63(40-19-15-13-16-20-40)41-21-17-14-18-22-41/h13-35H,1-12H3. The van der Waals surface area contributed by atoms with E-state index in [1.54, 1.807) is 0 Å². The Balaban J connectivity index is 1.28. The highest BCUT2D eigenvalue weighted by Crippen LogP contribution is 2.51. The van der Waals surface area contributed by atoms with E-state index in [1.807, 2.05) is 0 Å². The molecule has 0 aliphatic rings. The third-order valence-corrected chi connectivity index (χ3v) is 14.7. The molecular formula is C62H59N3. The predicted molar refractivity (Wildman–Crippen MR) is 283 cm³/mol. The van der Waals surface area contributed by atoms with Crippen LogP contribution in [0.3, 0.4) is 0 Å². The Morgan fingerprint density at radius 3 is 1.26 bits per heavy atom. The molecule has 0 radical (unpaired) electrons. The fourth-order valence-corrected chi connectivity index (χ4v) is 11.1. The van der Waals surface area contributed by atoms with Gasteiger partial charge < -0.3 is 13.7 Å². The maximum atomic E-state index is 2.62. The lowest BCUT2D eigenvalue weighted by molar-refractivity contribution is 0.590. The molecule has 0 unspecified atom stereocenters. The van der Waals surface area contributed by atoms with Crippen molar-refractivity contribution in [3.63, 3.8) is 0 Å². The Morgan fingerprint density at radius 1 is 0.308 bits per heavy atom. The van der Waals surface area contributed by atoms with E-state index in [0.29, 0.717) is 0 Å². The van der Waals surface area contributed by atoms with Gasteiger partial charge in [-0.15, -0.1) is 0 Å². The Hall–Kier alpha value is -6.58. The van der Waals surface area contributed by atoms with Crippen LogP contribution in [0, 0.1) is 0 Å². The summed E-state index contributed by atoms with van der Waals surface area (Å²) in [5.74, 6) is 0. The fraction of sp³-hybridized carbons (Fsp3) is 0.258. The molecule has 12 rings (SSSR count). The van der Waals surface area contributed by atoms with E-state index in [2.05, 4.69) is 236 Å². The van der Waals surface area contributed by atoms with Crippen molar-refractivity contribution in [2.45, 2.75) is 105 Å². The number of anilines is 3. The summed E-state index contributed by atoms with van der Waals surface area (Å²) >= 11 is 0. The van der Waals surface area contributed by atoms with Crippen LogP contribution in [0.15, 0.2) is 140 Å². The van der Waals surface area contributed by atoms with Crippen molar-refractivity contribution in [3.8, 4) is 0 Å². The van der Waals surface area contributed by atoms with Gasteiger partial charge in [-0.05, 0) is 128 Å². The van der Waals surface area contributed by atoms with Gasteiger partial charge in [-0.1, -0.05) is 144 Å². The third kappa shape index (κ3) is 5.67. The van der Waals surface area contributed by atoms with E-state index in [9.17, 15) is 0 Å². The van der Waals surface area contributed by atoms with Gasteiger partial charge in [0.2, 0.25) is 0 Å². The minimum Gasteiger partial charge on any atom is -0.308 e. The van der Waals surface area contributed by atoms with Crippen LogP contribution >= 0.6 is 0 Å². The van der Waals surface area contributed by atoms with Gasteiger partial charge in [-0.3, -0.25) is 0 Å². The van der Waals surface area contributed by atoms with Crippen molar-refractivity contribution in [3.05, 3.63) is 162 Å². The first-order valence-electron chi connectivity index (χ1n) is 23.6. The Bertz CT molecular complexity index is 3850. The zero-order chi connectivity index (χ0) is 45.3. The highest BCUT2D eigenvalue weighted by molar-refractivity contribution is 6.34. The van der Waals surface area contributed by atoms with Gasteiger partial charge >= 0.3 is 0 Å². The minimum atomic E-state index is -0.0763. The largest absolute Gasteiger partial charge is 0.308 e. The number of hydrogen-bond acceptors (Lipinski definition) is 1. The molecule has 3 heteroatoms. The molecule has 4 aromatic heterocycles. The molecule has 0 aliphatic heterocycles. The van der Waals surface area contributed by atoms with Gasteiger partial charge in [0.1, 0.15) is 0 Å². The molecule has 0 aliphatic carbocycles. The topological polar surface area (TPSA) is 12.1 Å². The summed E-state index contributed by atoms with van der Waals surface area (Å²) in [6, 6.07) is 53.8. The summed E-state index contributed by atoms with van der Waals surface area (Å²) < 4.78 is 5.23. The first kappa shape index (κ1) is 40.0. The zero-order valence-corrected chi connectivity index (χ0v) is 40.1. The van der Waals surface area contributed by atoms with Gasteiger partial charge in [0.25, 0.3) is 0 Å². The normalized spacial score (nSPS) is 13.5. The van der Waals surface area contributed by atoms with Crippen LogP contribution in [0.2, 0.25) is 0 Å². The van der Waals surface area contributed by atoms with E-state index < -0.39 is 0 Å². The molecule has 0 atom stereocenters.